The van der Waals surface area contributed by atoms with Crippen LogP contribution in [0.3, 0.4) is 0 Å². The number of aliphatic hydroxyl groups excluding tert-OH is 1. The van der Waals surface area contributed by atoms with Crippen LogP contribution in [-0.4, -0.2) is 21.6 Å². The number of hydrogen-bond donors (Lipinski definition) is 1. The number of aliphatic hydroxyl groups is 1. The molecular formula is C7H8ClF2NOS. The molecule has 0 amide bonds. The predicted octanol–water partition coefficient (Wildman–Crippen LogP) is 2.19. The Balaban J connectivity index is 2.60. The molecule has 13 heavy (non-hydrogen) atoms. The third-order valence-electron chi connectivity index (χ3n) is 1.45. The molecule has 1 aromatic rings. The van der Waals surface area contributed by atoms with Crippen molar-refractivity contribution in [3.8, 4) is 0 Å². The van der Waals surface area contributed by atoms with Crippen molar-refractivity contribution in [2.75, 3.05) is 0 Å². The average molecular weight is 228 g/mol. The zero-order valence-electron chi connectivity index (χ0n) is 6.80. The van der Waals surface area contributed by atoms with Gasteiger partial charge in [-0.05, 0) is 18.5 Å². The first-order valence-corrected chi connectivity index (χ1v) is 4.81. The Kier molecular flexibility index (Phi) is 3.21. The molecule has 0 saturated heterocycles. The van der Waals surface area contributed by atoms with Crippen LogP contribution in [-0.2, 0) is 6.42 Å². The maximum Gasteiger partial charge on any atom is 0.347 e. The largest absolute Gasteiger partial charge is 0.385 e. The fraction of sp³-hybridized carbons (Fsp3) is 0.571. The average Bonchev–Trinajstić information content (AvgIpc) is 2.33. The van der Waals surface area contributed by atoms with Crippen LogP contribution in [0.4, 0.5) is 8.78 Å². The number of hydrogen-bond acceptors (Lipinski definition) is 3. The molecule has 2 nitrogen and oxygen atoms in total. The summed E-state index contributed by atoms with van der Waals surface area (Å²) in [5, 5.41) is 7.75. The molecule has 1 aromatic heterocycles. The summed E-state index contributed by atoms with van der Waals surface area (Å²) in [5.41, 5.74) is 0.440. The molecule has 0 aliphatic carbocycles. The molecule has 1 rings (SSSR count). The molecule has 0 bridgehead atoms. The lowest BCUT2D eigenvalue weighted by atomic mass is 10.2. The first-order chi connectivity index (χ1) is 5.89. The third-order valence-corrected chi connectivity index (χ3v) is 2.52. The van der Waals surface area contributed by atoms with E-state index in [0.29, 0.717) is 5.69 Å². The van der Waals surface area contributed by atoms with E-state index in [-0.39, 0.29) is 6.42 Å². The Morgan fingerprint density at radius 3 is 2.77 bits per heavy atom. The van der Waals surface area contributed by atoms with Crippen molar-refractivity contribution in [3.63, 3.8) is 0 Å². The maximum absolute atomic E-state index is 12.3. The molecule has 1 unspecified atom stereocenters. The summed E-state index contributed by atoms with van der Waals surface area (Å²) < 4.78 is 24.6. The van der Waals surface area contributed by atoms with Gasteiger partial charge in [0.25, 0.3) is 0 Å². The zero-order valence-corrected chi connectivity index (χ0v) is 8.37. The van der Waals surface area contributed by atoms with E-state index in [1.54, 1.807) is 12.3 Å². The van der Waals surface area contributed by atoms with Crippen LogP contribution in [0.25, 0.3) is 0 Å². The summed E-state index contributed by atoms with van der Waals surface area (Å²) in [6, 6.07) is 0. The van der Waals surface area contributed by atoms with Gasteiger partial charge in [0.1, 0.15) is 6.10 Å². The van der Waals surface area contributed by atoms with Crippen LogP contribution in [0.1, 0.15) is 10.7 Å². The van der Waals surface area contributed by atoms with Gasteiger partial charge in [-0.25, -0.2) is 4.98 Å². The van der Waals surface area contributed by atoms with Gasteiger partial charge in [0, 0.05) is 11.8 Å². The summed E-state index contributed by atoms with van der Waals surface area (Å²) in [6.07, 6.45) is -2.10. The highest BCUT2D eigenvalue weighted by molar-refractivity contribution is 7.09. The molecule has 1 N–H and O–H groups in total. The van der Waals surface area contributed by atoms with Crippen molar-refractivity contribution in [2.45, 2.75) is 24.8 Å². The highest BCUT2D eigenvalue weighted by Crippen LogP contribution is 2.26. The number of aryl methyl sites for hydroxylation is 1. The third kappa shape index (κ3) is 3.17. The molecule has 0 fully saturated rings. The SMILES string of the molecule is Cc1nc(CC(O)C(F)(F)Cl)cs1. The van der Waals surface area contributed by atoms with Crippen LogP contribution in [0.2, 0.25) is 0 Å². The molecule has 74 valence electrons. The maximum atomic E-state index is 12.3. The van der Waals surface area contributed by atoms with Crippen LogP contribution in [0.5, 0.6) is 0 Å². The zero-order chi connectivity index (χ0) is 10.1. The summed E-state index contributed by atoms with van der Waals surface area (Å²) >= 11 is 5.98. The number of thiazole rings is 1. The van der Waals surface area contributed by atoms with E-state index in [4.69, 9.17) is 5.11 Å². The van der Waals surface area contributed by atoms with E-state index in [9.17, 15) is 8.78 Å². The lowest BCUT2D eigenvalue weighted by Gasteiger charge is -2.14. The van der Waals surface area contributed by atoms with Gasteiger partial charge in [-0.3, -0.25) is 0 Å². The first kappa shape index (κ1) is 10.8. The van der Waals surface area contributed by atoms with Crippen molar-refractivity contribution in [3.05, 3.63) is 16.1 Å². The molecule has 1 heterocycles. The van der Waals surface area contributed by atoms with Gasteiger partial charge in [0.15, 0.2) is 0 Å². The van der Waals surface area contributed by atoms with Gasteiger partial charge in [-0.15, -0.1) is 11.3 Å². The quantitative estimate of drug-likeness (QED) is 0.803. The minimum absolute atomic E-state index is 0.221. The molecular weight excluding hydrogens is 220 g/mol. The first-order valence-electron chi connectivity index (χ1n) is 3.55. The molecule has 6 heteroatoms. The lowest BCUT2D eigenvalue weighted by Crippen LogP contribution is -2.29. The van der Waals surface area contributed by atoms with Gasteiger partial charge >= 0.3 is 5.38 Å². The molecule has 0 radical (unpaired) electrons. The number of aromatic nitrogens is 1. The minimum Gasteiger partial charge on any atom is -0.385 e. The van der Waals surface area contributed by atoms with Crippen molar-refractivity contribution in [1.82, 2.24) is 4.98 Å². The Morgan fingerprint density at radius 2 is 2.38 bits per heavy atom. The van der Waals surface area contributed by atoms with E-state index in [2.05, 4.69) is 16.6 Å². The molecule has 0 saturated carbocycles. The molecule has 0 aromatic carbocycles. The van der Waals surface area contributed by atoms with Gasteiger partial charge in [0.2, 0.25) is 0 Å². The number of rotatable bonds is 3. The summed E-state index contributed by atoms with van der Waals surface area (Å²) in [6.45, 7) is 1.76. The van der Waals surface area contributed by atoms with Gasteiger partial charge < -0.3 is 5.11 Å². The molecule has 0 spiro atoms. The van der Waals surface area contributed by atoms with Crippen LogP contribution < -0.4 is 0 Å². The lowest BCUT2D eigenvalue weighted by molar-refractivity contribution is -0.0401. The van der Waals surface area contributed by atoms with Crippen LogP contribution >= 0.6 is 22.9 Å². The summed E-state index contributed by atoms with van der Waals surface area (Å²) in [5.74, 6) is 0. The topological polar surface area (TPSA) is 33.1 Å². The Bertz CT molecular complexity index is 286. The highest BCUT2D eigenvalue weighted by Gasteiger charge is 2.35. The molecule has 0 aliphatic rings. The highest BCUT2D eigenvalue weighted by atomic mass is 35.5. The fourth-order valence-corrected chi connectivity index (χ4v) is 1.52. The minimum atomic E-state index is -3.59. The number of halogens is 3. The van der Waals surface area contributed by atoms with E-state index in [1.807, 2.05) is 0 Å². The standard InChI is InChI=1S/C7H8ClF2NOS/c1-4-11-5(3-13-4)2-6(12)7(8,9)10/h3,6,12H,2H2,1H3. The molecule has 1 atom stereocenters. The van der Waals surface area contributed by atoms with E-state index < -0.39 is 11.5 Å². The van der Waals surface area contributed by atoms with E-state index in [0.717, 1.165) is 5.01 Å². The monoisotopic (exact) mass is 227 g/mol. The Labute approximate surface area is 83.2 Å². The van der Waals surface area contributed by atoms with E-state index in [1.165, 1.54) is 11.3 Å². The number of nitrogens with zero attached hydrogens (tertiary/aromatic N) is 1. The van der Waals surface area contributed by atoms with Crippen LogP contribution in [0, 0.1) is 6.92 Å². The number of alkyl halides is 3. The second-order valence-electron chi connectivity index (χ2n) is 2.62. The van der Waals surface area contributed by atoms with Crippen molar-refractivity contribution in [2.24, 2.45) is 0 Å². The second kappa shape index (κ2) is 3.86. The van der Waals surface area contributed by atoms with Crippen molar-refractivity contribution < 1.29 is 13.9 Å². The van der Waals surface area contributed by atoms with Crippen molar-refractivity contribution in [1.29, 1.82) is 0 Å². The van der Waals surface area contributed by atoms with Gasteiger partial charge in [0.05, 0.1) is 10.7 Å². The summed E-state index contributed by atoms with van der Waals surface area (Å²) in [7, 11) is 0. The smallest absolute Gasteiger partial charge is 0.347 e. The summed E-state index contributed by atoms with van der Waals surface area (Å²) in [4.78, 5) is 3.93. The van der Waals surface area contributed by atoms with E-state index >= 15 is 0 Å². The van der Waals surface area contributed by atoms with Crippen molar-refractivity contribution >= 4 is 22.9 Å². The molecule has 0 aliphatic heterocycles. The second-order valence-corrected chi connectivity index (χ2v) is 4.19. The predicted molar refractivity (Wildman–Crippen MR) is 47.4 cm³/mol. The van der Waals surface area contributed by atoms with Gasteiger partial charge in [-0.2, -0.15) is 8.78 Å². The Morgan fingerprint density at radius 1 is 1.77 bits per heavy atom. The fourth-order valence-electron chi connectivity index (χ4n) is 0.816. The van der Waals surface area contributed by atoms with Gasteiger partial charge in [-0.1, -0.05) is 0 Å². The normalized spacial score (nSPS) is 14.5. The van der Waals surface area contributed by atoms with Crippen LogP contribution in [0.15, 0.2) is 5.38 Å². The Hall–Kier alpha value is -0.260.